The third kappa shape index (κ3) is 3.88. The van der Waals surface area contributed by atoms with Crippen molar-refractivity contribution in [2.45, 2.75) is 19.5 Å². The van der Waals surface area contributed by atoms with E-state index in [9.17, 15) is 13.2 Å². The van der Waals surface area contributed by atoms with Gasteiger partial charge in [0.2, 0.25) is 15.9 Å². The summed E-state index contributed by atoms with van der Waals surface area (Å²) in [6.45, 7) is 1.90. The molecule has 0 aliphatic heterocycles. The van der Waals surface area contributed by atoms with Gasteiger partial charge in [0.25, 0.3) is 0 Å². The number of hydrogen-bond acceptors (Lipinski definition) is 3. The van der Waals surface area contributed by atoms with Crippen molar-refractivity contribution in [2.75, 3.05) is 10.6 Å². The number of H-pyrrole nitrogens is 1. The van der Waals surface area contributed by atoms with Crippen molar-refractivity contribution in [3.63, 3.8) is 0 Å². The van der Waals surface area contributed by atoms with E-state index in [0.29, 0.717) is 12.2 Å². The molecule has 6 nitrogen and oxygen atoms in total. The molecule has 2 aromatic carbocycles. The maximum absolute atomic E-state index is 12.6. The summed E-state index contributed by atoms with van der Waals surface area (Å²) in [5.74, 6) is -0.356. The highest BCUT2D eigenvalue weighted by atomic mass is 32.2. The topological polar surface area (TPSA) is 82.3 Å². The van der Waals surface area contributed by atoms with E-state index in [4.69, 9.17) is 0 Å². The van der Waals surface area contributed by atoms with Gasteiger partial charge in [0.15, 0.2) is 0 Å². The number of hydrogen-bond donors (Lipinski definition) is 2. The Morgan fingerprint density at radius 2 is 1.88 bits per heavy atom. The molecule has 0 aliphatic carbocycles. The first-order chi connectivity index (χ1) is 12.4. The molecule has 0 saturated carbocycles. The largest absolute Gasteiger partial charge is 0.361 e. The number of aromatic nitrogens is 1. The van der Waals surface area contributed by atoms with Crippen LogP contribution in [0, 0.1) is 0 Å². The van der Waals surface area contributed by atoms with Gasteiger partial charge >= 0.3 is 0 Å². The van der Waals surface area contributed by atoms with Gasteiger partial charge in [0.05, 0.1) is 11.9 Å². The van der Waals surface area contributed by atoms with Crippen LogP contribution >= 0.6 is 0 Å². The van der Waals surface area contributed by atoms with Gasteiger partial charge in [0.1, 0.15) is 6.04 Å². The molecule has 7 heteroatoms. The lowest BCUT2D eigenvalue weighted by Gasteiger charge is -2.28. The number of amides is 1. The fourth-order valence-electron chi connectivity index (χ4n) is 2.93. The first-order valence-corrected chi connectivity index (χ1v) is 10.1. The fourth-order valence-corrected chi connectivity index (χ4v) is 4.10. The molecular weight excluding hydrogens is 350 g/mol. The SMILES string of the molecule is C[C@H](C(=O)NCc1ccc2cc[nH]c2c1)N(c1ccccc1)S(C)(=O)=O. The summed E-state index contributed by atoms with van der Waals surface area (Å²) in [5, 5.41) is 3.92. The molecule has 1 atom stereocenters. The number of aromatic amines is 1. The number of nitrogens with one attached hydrogen (secondary N) is 2. The highest BCUT2D eigenvalue weighted by Crippen LogP contribution is 2.20. The van der Waals surface area contributed by atoms with E-state index in [-0.39, 0.29) is 5.91 Å². The Bertz CT molecular complexity index is 1010. The van der Waals surface area contributed by atoms with E-state index in [2.05, 4.69) is 10.3 Å². The number of carbonyl (C=O) groups is 1. The fraction of sp³-hybridized carbons (Fsp3) is 0.211. The van der Waals surface area contributed by atoms with Crippen LogP contribution in [0.15, 0.2) is 60.8 Å². The highest BCUT2D eigenvalue weighted by Gasteiger charge is 2.28. The number of nitrogens with zero attached hydrogens (tertiary/aromatic N) is 1. The summed E-state index contributed by atoms with van der Waals surface area (Å²) < 4.78 is 25.6. The zero-order valence-electron chi connectivity index (χ0n) is 14.6. The van der Waals surface area contributed by atoms with E-state index < -0.39 is 16.1 Å². The molecule has 136 valence electrons. The lowest BCUT2D eigenvalue weighted by Crippen LogP contribution is -2.47. The molecular formula is C19H21N3O3S. The molecule has 3 aromatic rings. The van der Waals surface area contributed by atoms with E-state index >= 15 is 0 Å². The molecule has 0 saturated heterocycles. The molecule has 1 heterocycles. The summed E-state index contributed by atoms with van der Waals surface area (Å²) >= 11 is 0. The predicted octanol–water partition coefficient (Wildman–Crippen LogP) is 2.64. The van der Waals surface area contributed by atoms with Crippen LogP contribution in [0.3, 0.4) is 0 Å². The number of carbonyl (C=O) groups excluding carboxylic acids is 1. The number of para-hydroxylation sites is 1. The third-order valence-electron chi connectivity index (χ3n) is 4.19. The Labute approximate surface area is 152 Å². The van der Waals surface area contributed by atoms with Crippen LogP contribution < -0.4 is 9.62 Å². The van der Waals surface area contributed by atoms with Crippen LogP contribution in [0.5, 0.6) is 0 Å². The Kier molecular flexibility index (Phi) is 4.99. The average Bonchev–Trinajstić information content (AvgIpc) is 3.07. The predicted molar refractivity (Wildman–Crippen MR) is 103 cm³/mol. The minimum Gasteiger partial charge on any atom is -0.361 e. The molecule has 0 bridgehead atoms. The molecule has 1 amide bonds. The minimum atomic E-state index is -3.60. The van der Waals surface area contributed by atoms with Gasteiger partial charge in [0, 0.05) is 18.3 Å². The molecule has 26 heavy (non-hydrogen) atoms. The van der Waals surface area contributed by atoms with Gasteiger partial charge in [-0.05, 0) is 42.1 Å². The van der Waals surface area contributed by atoms with Crippen molar-refractivity contribution < 1.29 is 13.2 Å². The average molecular weight is 371 g/mol. The Balaban J connectivity index is 1.74. The Morgan fingerprint density at radius 3 is 2.58 bits per heavy atom. The van der Waals surface area contributed by atoms with Gasteiger partial charge in [-0.15, -0.1) is 0 Å². The zero-order chi connectivity index (χ0) is 18.7. The first kappa shape index (κ1) is 18.0. The molecule has 0 aliphatic rings. The van der Waals surface area contributed by atoms with Gasteiger partial charge in [-0.3, -0.25) is 9.10 Å². The van der Waals surface area contributed by atoms with Crippen molar-refractivity contribution in [2.24, 2.45) is 0 Å². The van der Waals surface area contributed by atoms with Crippen molar-refractivity contribution in [3.8, 4) is 0 Å². The van der Waals surface area contributed by atoms with Crippen LogP contribution in [-0.4, -0.2) is 31.6 Å². The van der Waals surface area contributed by atoms with Crippen LogP contribution in [0.1, 0.15) is 12.5 Å². The Morgan fingerprint density at radius 1 is 1.15 bits per heavy atom. The zero-order valence-corrected chi connectivity index (χ0v) is 15.5. The van der Waals surface area contributed by atoms with E-state index in [1.165, 1.54) is 0 Å². The third-order valence-corrected chi connectivity index (χ3v) is 5.43. The summed E-state index contributed by atoms with van der Waals surface area (Å²) in [4.78, 5) is 15.7. The normalized spacial score (nSPS) is 12.7. The summed E-state index contributed by atoms with van der Waals surface area (Å²) in [6.07, 6.45) is 2.96. The standard InChI is InChI=1S/C19H21N3O3S/c1-14(22(26(2,24)25)17-6-4-3-5-7-17)19(23)21-13-15-8-9-16-10-11-20-18(16)12-15/h3-12,14,20H,13H2,1-2H3,(H,21,23)/t14-/m1/s1. The number of fused-ring (bicyclic) bond motifs is 1. The van der Waals surface area contributed by atoms with Gasteiger partial charge in [-0.1, -0.05) is 30.3 Å². The number of benzene rings is 2. The van der Waals surface area contributed by atoms with E-state index in [1.54, 1.807) is 37.3 Å². The Hall–Kier alpha value is -2.80. The summed E-state index contributed by atoms with van der Waals surface area (Å²) in [6, 6.07) is 15.6. The van der Waals surface area contributed by atoms with Gasteiger partial charge in [-0.25, -0.2) is 8.42 Å². The van der Waals surface area contributed by atoms with Crippen LogP contribution in [0.4, 0.5) is 5.69 Å². The molecule has 3 rings (SSSR count). The highest BCUT2D eigenvalue weighted by molar-refractivity contribution is 7.92. The smallest absolute Gasteiger partial charge is 0.243 e. The molecule has 0 fully saturated rings. The van der Waals surface area contributed by atoms with Gasteiger partial charge in [-0.2, -0.15) is 0 Å². The first-order valence-electron chi connectivity index (χ1n) is 8.24. The molecule has 0 unspecified atom stereocenters. The number of anilines is 1. The summed E-state index contributed by atoms with van der Waals surface area (Å²) in [5.41, 5.74) is 2.39. The quantitative estimate of drug-likeness (QED) is 0.699. The van der Waals surface area contributed by atoms with Crippen molar-refractivity contribution >= 4 is 32.5 Å². The minimum absolute atomic E-state index is 0.324. The maximum Gasteiger partial charge on any atom is 0.243 e. The van der Waals surface area contributed by atoms with Crippen molar-refractivity contribution in [1.29, 1.82) is 0 Å². The molecule has 0 spiro atoms. The van der Waals surface area contributed by atoms with Crippen LogP contribution in [-0.2, 0) is 21.4 Å². The van der Waals surface area contributed by atoms with Crippen molar-refractivity contribution in [3.05, 3.63) is 66.4 Å². The number of sulfonamides is 1. The second kappa shape index (κ2) is 7.21. The van der Waals surface area contributed by atoms with E-state index in [1.807, 2.05) is 30.5 Å². The van der Waals surface area contributed by atoms with Gasteiger partial charge < -0.3 is 10.3 Å². The molecule has 2 N–H and O–H groups in total. The monoisotopic (exact) mass is 371 g/mol. The maximum atomic E-state index is 12.6. The van der Waals surface area contributed by atoms with Crippen molar-refractivity contribution in [1.82, 2.24) is 10.3 Å². The second-order valence-electron chi connectivity index (χ2n) is 6.19. The van der Waals surface area contributed by atoms with Crippen LogP contribution in [0.2, 0.25) is 0 Å². The molecule has 1 aromatic heterocycles. The second-order valence-corrected chi connectivity index (χ2v) is 8.05. The van der Waals surface area contributed by atoms with E-state index in [0.717, 1.165) is 27.0 Å². The lowest BCUT2D eigenvalue weighted by molar-refractivity contribution is -0.122. The summed E-state index contributed by atoms with van der Waals surface area (Å²) in [7, 11) is -3.60. The molecule has 0 radical (unpaired) electrons. The van der Waals surface area contributed by atoms with Crippen LogP contribution in [0.25, 0.3) is 10.9 Å². The lowest BCUT2D eigenvalue weighted by atomic mass is 10.1. The number of rotatable bonds is 6.